The van der Waals surface area contributed by atoms with Crippen molar-refractivity contribution in [1.29, 1.82) is 0 Å². The minimum absolute atomic E-state index is 0.172. The summed E-state index contributed by atoms with van der Waals surface area (Å²) in [5, 5.41) is 0. The Morgan fingerprint density at radius 3 is 2.08 bits per heavy atom. The van der Waals surface area contributed by atoms with Crippen LogP contribution in [0.25, 0.3) is 11.1 Å². The van der Waals surface area contributed by atoms with Gasteiger partial charge in [-0.3, -0.25) is 0 Å². The fourth-order valence-corrected chi connectivity index (χ4v) is 3.92. The molecule has 1 atom stereocenters. The Bertz CT molecular complexity index is 1190. The van der Waals surface area contributed by atoms with Crippen molar-refractivity contribution in [2.24, 2.45) is 5.92 Å². The van der Waals surface area contributed by atoms with Gasteiger partial charge >= 0.3 is 11.9 Å². The highest BCUT2D eigenvalue weighted by molar-refractivity contribution is 5.92. The van der Waals surface area contributed by atoms with Gasteiger partial charge in [0.25, 0.3) is 0 Å². The molecule has 0 saturated heterocycles. The van der Waals surface area contributed by atoms with Crippen molar-refractivity contribution >= 4 is 11.9 Å². The van der Waals surface area contributed by atoms with Crippen LogP contribution in [0.15, 0.2) is 66.7 Å². The van der Waals surface area contributed by atoms with E-state index in [0.29, 0.717) is 24.3 Å². The van der Waals surface area contributed by atoms with Gasteiger partial charge < -0.3 is 14.2 Å². The van der Waals surface area contributed by atoms with Gasteiger partial charge in [0, 0.05) is 0 Å². The van der Waals surface area contributed by atoms with Gasteiger partial charge in [-0.05, 0) is 72.0 Å². The number of rotatable bonds is 15. The molecule has 0 bridgehead atoms. The van der Waals surface area contributed by atoms with Crippen molar-refractivity contribution in [3.63, 3.8) is 0 Å². The average molecular weight is 535 g/mol. The van der Waals surface area contributed by atoms with Crippen molar-refractivity contribution < 1.29 is 28.2 Å². The molecule has 0 aliphatic carbocycles. The molecule has 3 aromatic carbocycles. The van der Waals surface area contributed by atoms with Crippen LogP contribution in [0.1, 0.15) is 86.4 Å². The summed E-state index contributed by atoms with van der Waals surface area (Å²) >= 11 is 0. The van der Waals surface area contributed by atoms with E-state index in [4.69, 9.17) is 14.2 Å². The van der Waals surface area contributed by atoms with Crippen LogP contribution in [0, 0.1) is 11.7 Å². The van der Waals surface area contributed by atoms with E-state index in [2.05, 4.69) is 6.92 Å². The SMILES string of the molecule is CCCCCCCCOc1ccc(-c2ccc(C(=O)Oc3ccc(C(=O)OC[C@H](C)CC)cc3)c(F)c2)cc1. The normalized spacial score (nSPS) is 11.6. The molecule has 3 aromatic rings. The van der Waals surface area contributed by atoms with E-state index in [9.17, 15) is 14.0 Å². The van der Waals surface area contributed by atoms with Crippen LogP contribution in [0.5, 0.6) is 11.5 Å². The molecule has 0 aliphatic heterocycles. The monoisotopic (exact) mass is 534 g/mol. The zero-order valence-electron chi connectivity index (χ0n) is 23.2. The number of halogens is 1. The van der Waals surface area contributed by atoms with Gasteiger partial charge in [0.1, 0.15) is 17.3 Å². The Balaban J connectivity index is 1.52. The maximum Gasteiger partial charge on any atom is 0.346 e. The van der Waals surface area contributed by atoms with Crippen LogP contribution in [0.4, 0.5) is 4.39 Å². The second-order valence-electron chi connectivity index (χ2n) is 9.86. The summed E-state index contributed by atoms with van der Waals surface area (Å²) in [4.78, 5) is 24.7. The van der Waals surface area contributed by atoms with E-state index < -0.39 is 17.8 Å². The molecule has 3 rings (SSSR count). The van der Waals surface area contributed by atoms with Gasteiger partial charge in [0.2, 0.25) is 0 Å². The molecule has 5 nitrogen and oxygen atoms in total. The maximum atomic E-state index is 14.8. The second kappa shape index (κ2) is 15.7. The first kappa shape index (κ1) is 29.9. The number of hydrogen-bond donors (Lipinski definition) is 0. The third-order valence-electron chi connectivity index (χ3n) is 6.64. The highest BCUT2D eigenvalue weighted by atomic mass is 19.1. The minimum Gasteiger partial charge on any atom is -0.494 e. The number of esters is 2. The van der Waals surface area contributed by atoms with Crippen LogP contribution in [-0.2, 0) is 4.74 Å². The molecule has 0 spiro atoms. The predicted molar refractivity (Wildman–Crippen MR) is 152 cm³/mol. The summed E-state index contributed by atoms with van der Waals surface area (Å²) in [5.41, 5.74) is 1.64. The fourth-order valence-electron chi connectivity index (χ4n) is 3.92. The lowest BCUT2D eigenvalue weighted by Crippen LogP contribution is -2.12. The molecule has 208 valence electrons. The smallest absolute Gasteiger partial charge is 0.346 e. The minimum atomic E-state index is -0.815. The lowest BCUT2D eigenvalue weighted by atomic mass is 10.0. The van der Waals surface area contributed by atoms with Gasteiger partial charge in [-0.2, -0.15) is 0 Å². The summed E-state index contributed by atoms with van der Waals surface area (Å²) in [7, 11) is 0. The van der Waals surface area contributed by atoms with E-state index in [1.165, 1.54) is 68.5 Å². The third kappa shape index (κ3) is 9.54. The highest BCUT2D eigenvalue weighted by Crippen LogP contribution is 2.25. The zero-order valence-corrected chi connectivity index (χ0v) is 23.2. The molecular weight excluding hydrogens is 495 g/mol. The van der Waals surface area contributed by atoms with Crippen molar-refractivity contribution in [2.45, 2.75) is 65.7 Å². The number of ether oxygens (including phenoxy) is 3. The quantitative estimate of drug-likeness (QED) is 0.111. The first-order chi connectivity index (χ1) is 18.9. The van der Waals surface area contributed by atoms with Crippen molar-refractivity contribution in [3.05, 3.63) is 83.7 Å². The van der Waals surface area contributed by atoms with E-state index >= 15 is 0 Å². The molecular formula is C33H39FO5. The summed E-state index contributed by atoms with van der Waals surface area (Å²) in [6.45, 7) is 7.27. The number of unbranched alkanes of at least 4 members (excludes halogenated alkanes) is 5. The largest absolute Gasteiger partial charge is 0.494 e. The van der Waals surface area contributed by atoms with Crippen LogP contribution in [-0.4, -0.2) is 25.2 Å². The lowest BCUT2D eigenvalue weighted by Gasteiger charge is -2.10. The highest BCUT2D eigenvalue weighted by Gasteiger charge is 2.16. The summed E-state index contributed by atoms with van der Waals surface area (Å²) in [6, 6.07) is 17.9. The van der Waals surface area contributed by atoms with E-state index in [1.54, 1.807) is 6.07 Å². The summed E-state index contributed by atoms with van der Waals surface area (Å²) in [5.74, 6) is -0.659. The van der Waals surface area contributed by atoms with E-state index in [1.807, 2.05) is 38.1 Å². The second-order valence-corrected chi connectivity index (χ2v) is 9.86. The van der Waals surface area contributed by atoms with E-state index in [-0.39, 0.29) is 17.2 Å². The Hall–Kier alpha value is -3.67. The Labute approximate surface area is 231 Å². The van der Waals surface area contributed by atoms with Crippen molar-refractivity contribution in [2.75, 3.05) is 13.2 Å². The number of carbonyl (C=O) groups excluding carboxylic acids is 2. The standard InChI is InChI=1S/C33H39FO5/c1-4-6-7-8-9-10-21-37-28-16-11-25(12-17-28)27-15-20-30(31(34)22-27)33(36)39-29-18-13-26(14-19-29)32(35)38-23-24(3)5-2/h11-20,22,24H,4-10,21,23H2,1-3H3/t24-/m1/s1. The molecule has 0 unspecified atom stereocenters. The molecule has 6 heteroatoms. The Morgan fingerprint density at radius 1 is 0.769 bits per heavy atom. The van der Waals surface area contributed by atoms with E-state index in [0.717, 1.165) is 24.2 Å². The fraction of sp³-hybridized carbons (Fsp3) is 0.394. The summed E-state index contributed by atoms with van der Waals surface area (Å²) < 4.78 is 31.3. The molecule has 0 heterocycles. The third-order valence-corrected chi connectivity index (χ3v) is 6.64. The van der Waals surface area contributed by atoms with Gasteiger partial charge in [-0.25, -0.2) is 14.0 Å². The molecule has 39 heavy (non-hydrogen) atoms. The molecule has 0 N–H and O–H groups in total. The van der Waals surface area contributed by atoms with Gasteiger partial charge in [-0.15, -0.1) is 0 Å². The maximum absolute atomic E-state index is 14.8. The number of carbonyl (C=O) groups is 2. The van der Waals surface area contributed by atoms with Crippen LogP contribution in [0.2, 0.25) is 0 Å². The first-order valence-electron chi connectivity index (χ1n) is 13.9. The Kier molecular flexibility index (Phi) is 12.0. The molecule has 0 fully saturated rings. The van der Waals surface area contributed by atoms with Gasteiger partial charge in [0.05, 0.1) is 24.3 Å². The Morgan fingerprint density at radius 2 is 1.41 bits per heavy atom. The predicted octanol–water partition coefficient (Wildman–Crippen LogP) is 8.65. The summed E-state index contributed by atoms with van der Waals surface area (Å²) in [6.07, 6.45) is 8.17. The molecule has 0 saturated carbocycles. The molecule has 0 radical (unpaired) electrons. The molecule has 0 amide bonds. The number of benzene rings is 3. The molecule has 0 aromatic heterocycles. The topological polar surface area (TPSA) is 61.8 Å². The van der Waals surface area contributed by atoms with Crippen molar-refractivity contribution in [1.82, 2.24) is 0 Å². The first-order valence-corrected chi connectivity index (χ1v) is 13.9. The van der Waals surface area contributed by atoms with Crippen LogP contribution in [0.3, 0.4) is 0 Å². The molecule has 0 aliphatic rings. The van der Waals surface area contributed by atoms with Crippen LogP contribution < -0.4 is 9.47 Å². The number of hydrogen-bond acceptors (Lipinski definition) is 5. The van der Waals surface area contributed by atoms with Crippen LogP contribution >= 0.6 is 0 Å². The van der Waals surface area contributed by atoms with Gasteiger partial charge in [-0.1, -0.05) is 77.5 Å². The lowest BCUT2D eigenvalue weighted by molar-refractivity contribution is 0.0447. The van der Waals surface area contributed by atoms with Crippen molar-refractivity contribution in [3.8, 4) is 22.6 Å². The van der Waals surface area contributed by atoms with Gasteiger partial charge in [0.15, 0.2) is 0 Å². The zero-order chi connectivity index (χ0) is 28.0. The average Bonchev–Trinajstić information content (AvgIpc) is 2.95.